The maximum absolute atomic E-state index is 5.45. The van der Waals surface area contributed by atoms with Crippen LogP contribution in [0, 0.1) is 5.92 Å². The number of aliphatic imine (C=N–C) groups is 1. The number of hydrogen-bond donors (Lipinski definition) is 2. The number of ether oxygens (including phenoxy) is 1. The predicted octanol–water partition coefficient (Wildman–Crippen LogP) is 3.35. The summed E-state index contributed by atoms with van der Waals surface area (Å²) < 4.78 is 5.45. The van der Waals surface area contributed by atoms with Crippen molar-refractivity contribution in [3.63, 3.8) is 0 Å². The first-order chi connectivity index (χ1) is 14.2. The van der Waals surface area contributed by atoms with Gasteiger partial charge in [-0.15, -0.1) is 24.0 Å². The van der Waals surface area contributed by atoms with Crippen molar-refractivity contribution in [2.24, 2.45) is 10.9 Å². The van der Waals surface area contributed by atoms with Gasteiger partial charge in [-0.05, 0) is 75.5 Å². The molecule has 2 heterocycles. The summed E-state index contributed by atoms with van der Waals surface area (Å²) in [6.45, 7) is 10.1. The summed E-state index contributed by atoms with van der Waals surface area (Å²) in [5.41, 5.74) is 1.30. The van der Waals surface area contributed by atoms with Gasteiger partial charge in [0.25, 0.3) is 0 Å². The van der Waals surface area contributed by atoms with Crippen LogP contribution in [0.3, 0.4) is 0 Å². The Labute approximate surface area is 199 Å². The number of methoxy groups -OCH3 is 1. The van der Waals surface area contributed by atoms with Crippen molar-refractivity contribution in [3.05, 3.63) is 29.8 Å². The lowest BCUT2D eigenvalue weighted by atomic mass is 10.1. The summed E-state index contributed by atoms with van der Waals surface area (Å²) in [7, 11) is 3.59. The maximum Gasteiger partial charge on any atom is 0.191 e. The summed E-state index contributed by atoms with van der Waals surface area (Å²) in [6.07, 6.45) is 5.26. The molecule has 30 heavy (non-hydrogen) atoms. The summed E-state index contributed by atoms with van der Waals surface area (Å²) in [5.74, 6) is 2.43. The van der Waals surface area contributed by atoms with Gasteiger partial charge >= 0.3 is 0 Å². The molecule has 2 atom stereocenters. The summed E-state index contributed by atoms with van der Waals surface area (Å²) in [4.78, 5) is 9.61. The van der Waals surface area contributed by atoms with E-state index in [1.807, 2.05) is 13.1 Å². The van der Waals surface area contributed by atoms with Crippen LogP contribution in [-0.4, -0.2) is 75.7 Å². The summed E-state index contributed by atoms with van der Waals surface area (Å²) in [5, 5.41) is 7.11. The minimum atomic E-state index is 0. The smallest absolute Gasteiger partial charge is 0.191 e. The number of guanidine groups is 1. The fourth-order valence-electron chi connectivity index (χ4n) is 4.52. The molecule has 3 rings (SSSR count). The van der Waals surface area contributed by atoms with E-state index in [0.29, 0.717) is 12.0 Å². The van der Waals surface area contributed by atoms with E-state index in [1.165, 1.54) is 50.9 Å². The SMILES string of the molecule is CN=C(NCC(C)CN1CCCC1)NCC(c1cccc(OC)c1)N1CCCC1.I. The molecule has 0 aromatic heterocycles. The lowest BCUT2D eigenvalue weighted by Crippen LogP contribution is -2.44. The van der Waals surface area contributed by atoms with Crippen LogP contribution in [-0.2, 0) is 0 Å². The number of likely N-dealkylation sites (tertiary alicyclic amines) is 2. The zero-order chi connectivity index (χ0) is 20.5. The van der Waals surface area contributed by atoms with Crippen molar-refractivity contribution >= 4 is 29.9 Å². The van der Waals surface area contributed by atoms with Gasteiger partial charge in [0.15, 0.2) is 5.96 Å². The highest BCUT2D eigenvalue weighted by Crippen LogP contribution is 2.27. The lowest BCUT2D eigenvalue weighted by Gasteiger charge is -2.29. The molecule has 0 amide bonds. The molecule has 2 saturated heterocycles. The van der Waals surface area contributed by atoms with Gasteiger partial charge in [-0.1, -0.05) is 19.1 Å². The largest absolute Gasteiger partial charge is 0.497 e. The van der Waals surface area contributed by atoms with Gasteiger partial charge in [0.05, 0.1) is 13.2 Å². The zero-order valence-electron chi connectivity index (χ0n) is 18.9. The standard InChI is InChI=1S/C23H39N5O.HI/c1-19(18-27-11-4-5-12-27)16-25-23(24-2)26-17-22(28-13-6-7-14-28)20-9-8-10-21(15-20)29-3;/h8-10,15,19,22H,4-7,11-14,16-18H2,1-3H3,(H2,24,25,26);1H. The number of benzene rings is 1. The van der Waals surface area contributed by atoms with Gasteiger partial charge < -0.3 is 20.3 Å². The number of rotatable bonds is 9. The average molecular weight is 530 g/mol. The van der Waals surface area contributed by atoms with E-state index in [-0.39, 0.29) is 24.0 Å². The van der Waals surface area contributed by atoms with Crippen molar-refractivity contribution in [2.45, 2.75) is 38.6 Å². The molecule has 0 aliphatic carbocycles. The van der Waals surface area contributed by atoms with Crippen molar-refractivity contribution in [2.75, 3.05) is 60.0 Å². The Bertz CT molecular complexity index is 644. The van der Waals surface area contributed by atoms with Crippen molar-refractivity contribution in [1.82, 2.24) is 20.4 Å². The first-order valence-electron chi connectivity index (χ1n) is 11.2. The van der Waals surface area contributed by atoms with Crippen LogP contribution in [0.25, 0.3) is 0 Å². The molecule has 0 bridgehead atoms. The van der Waals surface area contributed by atoms with Crippen LogP contribution in [0.15, 0.2) is 29.3 Å². The quantitative estimate of drug-likeness (QED) is 0.292. The lowest BCUT2D eigenvalue weighted by molar-refractivity contribution is 0.244. The molecule has 2 fully saturated rings. The third-order valence-electron chi connectivity index (χ3n) is 6.13. The topological polar surface area (TPSA) is 52.1 Å². The molecule has 0 spiro atoms. The third-order valence-corrected chi connectivity index (χ3v) is 6.13. The van der Waals surface area contributed by atoms with E-state index in [4.69, 9.17) is 4.74 Å². The monoisotopic (exact) mass is 529 g/mol. The van der Waals surface area contributed by atoms with Crippen LogP contribution in [0.4, 0.5) is 0 Å². The highest BCUT2D eigenvalue weighted by molar-refractivity contribution is 14.0. The number of nitrogens with zero attached hydrogens (tertiary/aromatic N) is 3. The summed E-state index contributed by atoms with van der Waals surface area (Å²) >= 11 is 0. The van der Waals surface area contributed by atoms with Gasteiger partial charge in [-0.25, -0.2) is 0 Å². The van der Waals surface area contributed by atoms with Gasteiger partial charge in [-0.2, -0.15) is 0 Å². The molecule has 0 radical (unpaired) electrons. The Hall–Kier alpha value is -1.06. The van der Waals surface area contributed by atoms with Gasteiger partial charge in [0.1, 0.15) is 5.75 Å². The Balaban J connectivity index is 0.00000320. The molecule has 0 saturated carbocycles. The minimum absolute atomic E-state index is 0. The van der Waals surface area contributed by atoms with Gasteiger partial charge in [0, 0.05) is 26.7 Å². The van der Waals surface area contributed by atoms with E-state index in [0.717, 1.165) is 37.9 Å². The second kappa shape index (κ2) is 13.4. The Morgan fingerprint density at radius 1 is 1.07 bits per heavy atom. The Kier molecular flexibility index (Phi) is 11.2. The number of nitrogens with one attached hydrogen (secondary N) is 2. The van der Waals surface area contributed by atoms with Crippen molar-refractivity contribution < 1.29 is 4.74 Å². The minimum Gasteiger partial charge on any atom is -0.497 e. The second-order valence-corrected chi connectivity index (χ2v) is 8.48. The van der Waals surface area contributed by atoms with Crippen molar-refractivity contribution in [1.29, 1.82) is 0 Å². The molecule has 2 aliphatic heterocycles. The fraction of sp³-hybridized carbons (Fsp3) is 0.696. The van der Waals surface area contributed by atoms with Gasteiger partial charge in [0.2, 0.25) is 0 Å². The molecule has 2 unspecified atom stereocenters. The van der Waals surface area contributed by atoms with E-state index >= 15 is 0 Å². The van der Waals surface area contributed by atoms with Crippen molar-refractivity contribution in [3.8, 4) is 5.75 Å². The normalized spacial score (nSPS) is 19.9. The molecule has 170 valence electrons. The zero-order valence-corrected chi connectivity index (χ0v) is 21.2. The number of hydrogen-bond acceptors (Lipinski definition) is 4. The molecular weight excluding hydrogens is 489 g/mol. The predicted molar refractivity (Wildman–Crippen MR) is 136 cm³/mol. The molecule has 1 aromatic rings. The van der Waals surface area contributed by atoms with Crippen LogP contribution in [0.2, 0.25) is 0 Å². The van der Waals surface area contributed by atoms with Crippen LogP contribution < -0.4 is 15.4 Å². The maximum atomic E-state index is 5.45. The molecule has 7 heteroatoms. The first-order valence-corrected chi connectivity index (χ1v) is 11.2. The van der Waals surface area contributed by atoms with Crippen LogP contribution >= 0.6 is 24.0 Å². The highest BCUT2D eigenvalue weighted by atomic mass is 127. The first kappa shape index (κ1) is 25.2. The average Bonchev–Trinajstić information content (AvgIpc) is 3.45. The van der Waals surface area contributed by atoms with Crippen LogP contribution in [0.1, 0.15) is 44.2 Å². The van der Waals surface area contributed by atoms with Gasteiger partial charge in [-0.3, -0.25) is 9.89 Å². The van der Waals surface area contributed by atoms with E-state index in [2.05, 4.69) is 50.5 Å². The molecule has 6 nitrogen and oxygen atoms in total. The molecule has 1 aromatic carbocycles. The molecule has 2 N–H and O–H groups in total. The molecule has 2 aliphatic rings. The number of halogens is 1. The molecular formula is C23H40IN5O. The van der Waals surface area contributed by atoms with E-state index < -0.39 is 0 Å². The highest BCUT2D eigenvalue weighted by Gasteiger charge is 2.24. The summed E-state index contributed by atoms with van der Waals surface area (Å²) in [6, 6.07) is 8.80. The van der Waals surface area contributed by atoms with E-state index in [1.54, 1.807) is 7.11 Å². The Morgan fingerprint density at radius 3 is 2.40 bits per heavy atom. The van der Waals surface area contributed by atoms with E-state index in [9.17, 15) is 0 Å². The second-order valence-electron chi connectivity index (χ2n) is 8.48. The third kappa shape index (κ3) is 7.57. The Morgan fingerprint density at radius 2 is 1.73 bits per heavy atom. The van der Waals surface area contributed by atoms with Crippen LogP contribution in [0.5, 0.6) is 5.75 Å². The fourth-order valence-corrected chi connectivity index (χ4v) is 4.52.